The summed E-state index contributed by atoms with van der Waals surface area (Å²) >= 11 is 0. The molecule has 86 valence electrons. The van der Waals surface area contributed by atoms with Crippen LogP contribution in [0.2, 0.25) is 0 Å². The molecule has 0 aliphatic heterocycles. The van der Waals surface area contributed by atoms with Crippen molar-refractivity contribution in [1.29, 1.82) is 5.26 Å². The summed E-state index contributed by atoms with van der Waals surface area (Å²) in [5.74, 6) is -1.68. The minimum absolute atomic E-state index is 0.102. The zero-order valence-corrected chi connectivity index (χ0v) is 8.83. The fourth-order valence-electron chi connectivity index (χ4n) is 2.03. The SMILES string of the molecule is N#Cc1cc(C2(N=C=O)CCC2)c(F)cc1F. The van der Waals surface area contributed by atoms with Crippen molar-refractivity contribution in [1.82, 2.24) is 0 Å². The number of rotatable bonds is 2. The van der Waals surface area contributed by atoms with Gasteiger partial charge in [-0.25, -0.2) is 13.6 Å². The first-order valence-corrected chi connectivity index (χ1v) is 5.11. The molecule has 1 aliphatic carbocycles. The molecule has 0 radical (unpaired) electrons. The fourth-order valence-corrected chi connectivity index (χ4v) is 2.03. The van der Waals surface area contributed by atoms with E-state index in [9.17, 15) is 13.6 Å². The number of nitriles is 1. The highest BCUT2D eigenvalue weighted by atomic mass is 19.1. The van der Waals surface area contributed by atoms with Gasteiger partial charge in [-0.15, -0.1) is 0 Å². The van der Waals surface area contributed by atoms with E-state index in [4.69, 9.17) is 5.26 Å². The predicted molar refractivity (Wildman–Crippen MR) is 54.7 cm³/mol. The number of benzene rings is 1. The van der Waals surface area contributed by atoms with Crippen molar-refractivity contribution in [2.75, 3.05) is 0 Å². The summed E-state index contributed by atoms with van der Waals surface area (Å²) in [7, 11) is 0. The standard InChI is InChI=1S/C12H8F2N2O/c13-10-5-11(14)9(4-8(10)6-15)12(16-7-17)2-1-3-12/h4-5H,1-3H2. The number of nitrogens with zero attached hydrogens (tertiary/aromatic N) is 2. The van der Waals surface area contributed by atoms with E-state index in [-0.39, 0.29) is 11.1 Å². The number of halogens is 2. The molecular weight excluding hydrogens is 226 g/mol. The van der Waals surface area contributed by atoms with Crippen molar-refractivity contribution in [2.24, 2.45) is 4.99 Å². The summed E-state index contributed by atoms with van der Waals surface area (Å²) in [6.45, 7) is 0. The Bertz CT molecular complexity index is 552. The Hall–Kier alpha value is -2.05. The second-order valence-corrected chi connectivity index (χ2v) is 4.01. The molecule has 0 atom stereocenters. The number of aliphatic imine (C=N–C) groups is 1. The van der Waals surface area contributed by atoms with Crippen LogP contribution in [0.25, 0.3) is 0 Å². The second-order valence-electron chi connectivity index (χ2n) is 4.01. The van der Waals surface area contributed by atoms with Crippen molar-refractivity contribution >= 4 is 6.08 Å². The Balaban J connectivity index is 2.59. The molecule has 2 rings (SSSR count). The minimum Gasteiger partial charge on any atom is -0.211 e. The van der Waals surface area contributed by atoms with Gasteiger partial charge in [0.1, 0.15) is 23.2 Å². The van der Waals surface area contributed by atoms with Gasteiger partial charge < -0.3 is 0 Å². The lowest BCUT2D eigenvalue weighted by atomic mass is 9.72. The number of hydrogen-bond acceptors (Lipinski definition) is 3. The van der Waals surface area contributed by atoms with Gasteiger partial charge in [0.25, 0.3) is 0 Å². The van der Waals surface area contributed by atoms with E-state index in [1.807, 2.05) is 0 Å². The Morgan fingerprint density at radius 1 is 1.29 bits per heavy atom. The fraction of sp³-hybridized carbons (Fsp3) is 0.333. The second kappa shape index (κ2) is 4.08. The third-order valence-corrected chi connectivity index (χ3v) is 3.12. The quantitative estimate of drug-likeness (QED) is 0.583. The molecular formula is C12H8F2N2O. The van der Waals surface area contributed by atoms with Crippen LogP contribution in [0.4, 0.5) is 8.78 Å². The lowest BCUT2D eigenvalue weighted by Gasteiger charge is -2.37. The maximum absolute atomic E-state index is 13.7. The van der Waals surface area contributed by atoms with Crippen molar-refractivity contribution < 1.29 is 13.6 Å². The van der Waals surface area contributed by atoms with Gasteiger partial charge >= 0.3 is 0 Å². The summed E-state index contributed by atoms with van der Waals surface area (Å²) in [4.78, 5) is 14.0. The first-order chi connectivity index (χ1) is 8.13. The van der Waals surface area contributed by atoms with Crippen molar-refractivity contribution in [3.63, 3.8) is 0 Å². The summed E-state index contributed by atoms with van der Waals surface area (Å²) in [5.41, 5.74) is -1.09. The van der Waals surface area contributed by atoms with Gasteiger partial charge in [-0.05, 0) is 25.3 Å². The van der Waals surface area contributed by atoms with E-state index in [1.165, 1.54) is 6.08 Å². The van der Waals surface area contributed by atoms with Crippen LogP contribution >= 0.6 is 0 Å². The van der Waals surface area contributed by atoms with Crippen LogP contribution in [-0.2, 0) is 10.3 Å². The first-order valence-electron chi connectivity index (χ1n) is 5.11. The third-order valence-electron chi connectivity index (χ3n) is 3.12. The van der Waals surface area contributed by atoms with E-state index in [2.05, 4.69) is 4.99 Å². The molecule has 1 saturated carbocycles. The molecule has 0 saturated heterocycles. The molecule has 1 fully saturated rings. The summed E-state index contributed by atoms with van der Waals surface area (Å²) in [6, 6.07) is 3.43. The molecule has 3 nitrogen and oxygen atoms in total. The molecule has 0 spiro atoms. The highest BCUT2D eigenvalue weighted by Gasteiger charge is 2.41. The molecule has 0 aromatic heterocycles. The van der Waals surface area contributed by atoms with Crippen LogP contribution < -0.4 is 0 Å². The Morgan fingerprint density at radius 2 is 2.00 bits per heavy atom. The van der Waals surface area contributed by atoms with Crippen molar-refractivity contribution in [2.45, 2.75) is 24.8 Å². The van der Waals surface area contributed by atoms with Crippen LogP contribution in [0.3, 0.4) is 0 Å². The van der Waals surface area contributed by atoms with Crippen molar-refractivity contribution in [3.05, 3.63) is 34.9 Å². The van der Waals surface area contributed by atoms with Gasteiger partial charge in [0.05, 0.1) is 5.56 Å². The summed E-state index contributed by atoms with van der Waals surface area (Å²) < 4.78 is 26.8. The van der Waals surface area contributed by atoms with Gasteiger partial charge in [0.2, 0.25) is 6.08 Å². The van der Waals surface area contributed by atoms with E-state index >= 15 is 0 Å². The Labute approximate surface area is 96.4 Å². The monoisotopic (exact) mass is 234 g/mol. The maximum Gasteiger partial charge on any atom is 0.235 e. The summed E-state index contributed by atoms with van der Waals surface area (Å²) in [6.07, 6.45) is 3.25. The normalized spacial score (nSPS) is 16.5. The number of hydrogen-bond donors (Lipinski definition) is 0. The van der Waals surface area contributed by atoms with Crippen LogP contribution in [0.1, 0.15) is 30.4 Å². The molecule has 1 aromatic rings. The Morgan fingerprint density at radius 3 is 2.47 bits per heavy atom. The molecule has 0 amide bonds. The van der Waals surface area contributed by atoms with Crippen LogP contribution in [-0.4, -0.2) is 6.08 Å². The molecule has 0 bridgehead atoms. The van der Waals surface area contributed by atoms with Gasteiger partial charge in [0.15, 0.2) is 0 Å². The third kappa shape index (κ3) is 1.73. The average Bonchev–Trinajstić information content (AvgIpc) is 2.24. The molecule has 0 unspecified atom stereocenters. The smallest absolute Gasteiger partial charge is 0.211 e. The first kappa shape index (κ1) is 11.4. The Kier molecular flexibility index (Phi) is 2.74. The molecule has 5 heteroatoms. The number of carbonyl (C=O) groups excluding carboxylic acids is 1. The minimum atomic E-state index is -0.953. The molecule has 0 heterocycles. The van der Waals surface area contributed by atoms with E-state index in [0.717, 1.165) is 12.5 Å². The van der Waals surface area contributed by atoms with Crippen molar-refractivity contribution in [3.8, 4) is 6.07 Å². The average molecular weight is 234 g/mol. The summed E-state index contributed by atoms with van der Waals surface area (Å²) in [5, 5.41) is 8.70. The lowest BCUT2D eigenvalue weighted by Crippen LogP contribution is -2.33. The van der Waals surface area contributed by atoms with E-state index in [1.54, 1.807) is 6.07 Å². The zero-order valence-electron chi connectivity index (χ0n) is 8.83. The van der Waals surface area contributed by atoms with Gasteiger partial charge in [0, 0.05) is 11.6 Å². The van der Waals surface area contributed by atoms with E-state index < -0.39 is 17.2 Å². The molecule has 1 aromatic carbocycles. The van der Waals surface area contributed by atoms with Crippen LogP contribution in [0.15, 0.2) is 17.1 Å². The largest absolute Gasteiger partial charge is 0.235 e. The topological polar surface area (TPSA) is 53.2 Å². The van der Waals surface area contributed by atoms with Crippen LogP contribution in [0.5, 0.6) is 0 Å². The molecule has 17 heavy (non-hydrogen) atoms. The highest BCUT2D eigenvalue weighted by Crippen LogP contribution is 2.46. The maximum atomic E-state index is 13.7. The molecule has 0 N–H and O–H groups in total. The zero-order chi connectivity index (χ0) is 12.5. The van der Waals surface area contributed by atoms with Crippen LogP contribution in [0, 0.1) is 23.0 Å². The van der Waals surface area contributed by atoms with E-state index in [0.29, 0.717) is 18.9 Å². The highest BCUT2D eigenvalue weighted by molar-refractivity contribution is 5.43. The predicted octanol–water partition coefficient (Wildman–Crippen LogP) is 2.55. The molecule has 1 aliphatic rings. The van der Waals surface area contributed by atoms with Gasteiger partial charge in [-0.2, -0.15) is 10.3 Å². The number of isocyanates is 1. The van der Waals surface area contributed by atoms with Gasteiger partial charge in [-0.3, -0.25) is 0 Å². The van der Waals surface area contributed by atoms with Gasteiger partial charge in [-0.1, -0.05) is 0 Å². The lowest BCUT2D eigenvalue weighted by molar-refractivity contribution is 0.247.